The molecule has 0 radical (unpaired) electrons. The Balaban J connectivity index is 2.60. The van der Waals surface area contributed by atoms with E-state index in [4.69, 9.17) is 11.6 Å². The van der Waals surface area contributed by atoms with Gasteiger partial charge in [-0.1, -0.05) is 0 Å². The molecule has 1 aromatic carbocycles. The summed E-state index contributed by atoms with van der Waals surface area (Å²) in [5.41, 5.74) is 0.0318. The first-order valence-electron chi connectivity index (χ1n) is 4.60. The highest BCUT2D eigenvalue weighted by Crippen LogP contribution is 2.29. The summed E-state index contributed by atoms with van der Waals surface area (Å²) in [4.78, 5) is 5.20. The predicted octanol–water partition coefficient (Wildman–Crippen LogP) is 2.55. The van der Waals surface area contributed by atoms with E-state index >= 15 is 0 Å². The summed E-state index contributed by atoms with van der Waals surface area (Å²) in [5.74, 6) is -1.17. The van der Waals surface area contributed by atoms with Gasteiger partial charge < -0.3 is 4.98 Å². The van der Waals surface area contributed by atoms with Crippen molar-refractivity contribution in [3.8, 4) is 0 Å². The third-order valence-corrected chi connectivity index (χ3v) is 4.35. The molecule has 9 heteroatoms. The highest BCUT2D eigenvalue weighted by Gasteiger charge is 2.34. The van der Waals surface area contributed by atoms with Crippen molar-refractivity contribution in [2.75, 3.05) is 5.21 Å². The number of rotatable bonds is 2. The van der Waals surface area contributed by atoms with Gasteiger partial charge in [0.25, 0.3) is 0 Å². The van der Waals surface area contributed by atoms with Gasteiger partial charge >= 0.3 is 6.18 Å². The molecule has 2 aromatic rings. The van der Waals surface area contributed by atoms with E-state index in [1.54, 1.807) is 0 Å². The van der Waals surface area contributed by atoms with Crippen LogP contribution < -0.4 is 0 Å². The molecule has 0 amide bonds. The Labute approximate surface area is 105 Å². The van der Waals surface area contributed by atoms with E-state index in [1.165, 1.54) is 12.1 Å². The summed E-state index contributed by atoms with van der Waals surface area (Å²) in [6.07, 6.45) is -4.61. The van der Waals surface area contributed by atoms with Crippen LogP contribution in [0, 0.1) is 0 Å². The second-order valence-electron chi connectivity index (χ2n) is 3.49. The molecular formula is C9H6ClF3N2O2S. The topological polar surface area (TPSA) is 62.8 Å². The number of alkyl halides is 4. The van der Waals surface area contributed by atoms with Crippen molar-refractivity contribution in [1.29, 1.82) is 0 Å². The molecule has 18 heavy (non-hydrogen) atoms. The fraction of sp³-hybridized carbons (Fsp3) is 0.222. The maximum Gasteiger partial charge on any atom is 0.449 e. The van der Waals surface area contributed by atoms with Gasteiger partial charge in [0.05, 0.1) is 15.9 Å². The number of aromatic amines is 1. The van der Waals surface area contributed by atoms with Gasteiger partial charge in [0, 0.05) is 0 Å². The van der Waals surface area contributed by atoms with Crippen LogP contribution in [-0.4, -0.2) is 23.6 Å². The van der Waals surface area contributed by atoms with E-state index in [9.17, 15) is 21.6 Å². The smallest absolute Gasteiger partial charge is 0.334 e. The van der Waals surface area contributed by atoms with Crippen LogP contribution in [0.2, 0.25) is 0 Å². The molecule has 1 aromatic heterocycles. The molecule has 4 nitrogen and oxygen atoms in total. The number of hydrogen-bond donors (Lipinski definition) is 1. The Morgan fingerprint density at radius 2 is 2.00 bits per heavy atom. The molecule has 0 unspecified atom stereocenters. The quantitative estimate of drug-likeness (QED) is 0.867. The third-order valence-electron chi connectivity index (χ3n) is 2.22. The number of hydrogen-bond acceptors (Lipinski definition) is 3. The highest BCUT2D eigenvalue weighted by molar-refractivity contribution is 7.92. The van der Waals surface area contributed by atoms with E-state index in [-0.39, 0.29) is 15.9 Å². The van der Waals surface area contributed by atoms with Gasteiger partial charge in [-0.3, -0.25) is 0 Å². The maximum absolute atomic E-state index is 12.4. The SMILES string of the molecule is O=S(=O)(CCl)c1ccc2nc(C(F)(F)F)[nH]c2c1. The molecule has 0 atom stereocenters. The largest absolute Gasteiger partial charge is 0.449 e. The molecule has 0 fully saturated rings. The normalized spacial score (nSPS) is 13.1. The van der Waals surface area contributed by atoms with Crippen molar-refractivity contribution in [2.45, 2.75) is 11.1 Å². The van der Waals surface area contributed by atoms with Crippen molar-refractivity contribution in [3.63, 3.8) is 0 Å². The van der Waals surface area contributed by atoms with Crippen molar-refractivity contribution >= 4 is 32.5 Å². The Morgan fingerprint density at radius 1 is 1.33 bits per heavy atom. The zero-order valence-corrected chi connectivity index (χ0v) is 10.2. The lowest BCUT2D eigenvalue weighted by molar-refractivity contribution is -0.144. The molecule has 0 aliphatic rings. The number of aromatic nitrogens is 2. The second kappa shape index (κ2) is 4.13. The number of imidazole rings is 1. The van der Waals surface area contributed by atoms with Gasteiger partial charge in [-0.25, -0.2) is 13.4 Å². The number of nitrogens with zero attached hydrogens (tertiary/aromatic N) is 1. The van der Waals surface area contributed by atoms with Crippen molar-refractivity contribution in [2.24, 2.45) is 0 Å². The first-order chi connectivity index (χ1) is 8.24. The minimum Gasteiger partial charge on any atom is -0.334 e. The molecule has 1 N–H and O–H groups in total. The van der Waals surface area contributed by atoms with Gasteiger partial charge in [-0.05, 0) is 18.2 Å². The third kappa shape index (κ3) is 2.30. The molecule has 0 aliphatic carbocycles. The van der Waals surface area contributed by atoms with Crippen molar-refractivity contribution in [3.05, 3.63) is 24.0 Å². The number of nitrogens with one attached hydrogen (secondary N) is 1. The van der Waals surface area contributed by atoms with Gasteiger partial charge in [0.1, 0.15) is 5.21 Å². The van der Waals surface area contributed by atoms with E-state index in [1.807, 2.05) is 4.98 Å². The average Bonchev–Trinajstić information content (AvgIpc) is 2.71. The van der Waals surface area contributed by atoms with Crippen LogP contribution in [0.15, 0.2) is 23.1 Å². The second-order valence-corrected chi connectivity index (χ2v) is 6.06. The zero-order valence-electron chi connectivity index (χ0n) is 8.62. The van der Waals surface area contributed by atoms with Gasteiger partial charge in [-0.2, -0.15) is 13.2 Å². The van der Waals surface area contributed by atoms with E-state index in [0.29, 0.717) is 0 Å². The molecule has 0 saturated heterocycles. The summed E-state index contributed by atoms with van der Waals surface area (Å²) in [7, 11) is -3.68. The predicted molar refractivity (Wildman–Crippen MR) is 59.0 cm³/mol. The lowest BCUT2D eigenvalue weighted by atomic mass is 10.3. The Bertz CT molecular complexity index is 693. The van der Waals surface area contributed by atoms with Crippen LogP contribution in [0.5, 0.6) is 0 Å². The maximum atomic E-state index is 12.4. The molecule has 1 heterocycles. The minimum absolute atomic E-state index is 0.00600. The van der Waals surface area contributed by atoms with Gasteiger partial charge in [0.15, 0.2) is 9.84 Å². The monoisotopic (exact) mass is 298 g/mol. The first kappa shape index (κ1) is 13.2. The van der Waals surface area contributed by atoms with E-state index in [0.717, 1.165) is 6.07 Å². The number of fused-ring (bicyclic) bond motifs is 1. The summed E-state index contributed by atoms with van der Waals surface area (Å²) in [6, 6.07) is 3.44. The lowest BCUT2D eigenvalue weighted by Gasteiger charge is -1.99. The average molecular weight is 299 g/mol. The van der Waals surface area contributed by atoms with Crippen LogP contribution in [0.4, 0.5) is 13.2 Å². The number of H-pyrrole nitrogens is 1. The van der Waals surface area contributed by atoms with Crippen LogP contribution in [0.3, 0.4) is 0 Å². The van der Waals surface area contributed by atoms with Crippen LogP contribution in [-0.2, 0) is 16.0 Å². The standard InChI is InChI=1S/C9H6ClF3N2O2S/c10-4-18(16,17)5-1-2-6-7(3-5)15-8(14-6)9(11,12)13/h1-3H,4H2,(H,14,15). The lowest BCUT2D eigenvalue weighted by Crippen LogP contribution is -2.06. The summed E-state index contributed by atoms with van der Waals surface area (Å²) in [6.45, 7) is 0. The Morgan fingerprint density at radius 3 is 2.56 bits per heavy atom. The molecule has 0 bridgehead atoms. The van der Waals surface area contributed by atoms with E-state index in [2.05, 4.69) is 4.98 Å². The van der Waals surface area contributed by atoms with Crippen LogP contribution in [0.25, 0.3) is 11.0 Å². The van der Waals surface area contributed by atoms with Crippen molar-refractivity contribution < 1.29 is 21.6 Å². The van der Waals surface area contributed by atoms with Crippen molar-refractivity contribution in [1.82, 2.24) is 9.97 Å². The molecular weight excluding hydrogens is 293 g/mol. The van der Waals surface area contributed by atoms with E-state index < -0.39 is 27.0 Å². The molecule has 98 valence electrons. The fourth-order valence-electron chi connectivity index (χ4n) is 1.38. The van der Waals surface area contributed by atoms with Crippen LogP contribution in [0.1, 0.15) is 5.82 Å². The fourth-order valence-corrected chi connectivity index (χ4v) is 2.46. The Kier molecular flexibility index (Phi) is 3.02. The first-order valence-corrected chi connectivity index (χ1v) is 6.78. The van der Waals surface area contributed by atoms with Gasteiger partial charge in [0.2, 0.25) is 5.82 Å². The summed E-state index contributed by atoms with van der Waals surface area (Å²) < 4.78 is 60.1. The number of halogens is 4. The Hall–Kier alpha value is -1.28. The molecule has 0 aliphatic heterocycles. The minimum atomic E-state index is -4.61. The molecule has 2 rings (SSSR count). The molecule has 0 spiro atoms. The molecule has 0 saturated carbocycles. The number of benzene rings is 1. The summed E-state index contributed by atoms with van der Waals surface area (Å²) >= 11 is 5.26. The zero-order chi connectivity index (χ0) is 13.6. The summed E-state index contributed by atoms with van der Waals surface area (Å²) in [5, 5.41) is -0.640. The van der Waals surface area contributed by atoms with Crippen LogP contribution >= 0.6 is 11.6 Å². The number of sulfone groups is 1. The van der Waals surface area contributed by atoms with Gasteiger partial charge in [-0.15, -0.1) is 11.6 Å². The highest BCUT2D eigenvalue weighted by atomic mass is 35.5.